The third kappa shape index (κ3) is 2.73. The number of hydrogen-bond acceptors (Lipinski definition) is 3. The Bertz CT molecular complexity index is 696. The summed E-state index contributed by atoms with van der Waals surface area (Å²) in [5.41, 5.74) is 7.52. The third-order valence-corrected chi connectivity index (χ3v) is 4.48. The van der Waals surface area contributed by atoms with Gasteiger partial charge < -0.3 is 15.2 Å². The van der Waals surface area contributed by atoms with Crippen LogP contribution in [0.4, 0.5) is 4.39 Å². The van der Waals surface area contributed by atoms with E-state index in [2.05, 4.69) is 15.9 Å². The Morgan fingerprint density at radius 3 is 2.52 bits per heavy atom. The molecule has 3 rings (SSSR count). The van der Waals surface area contributed by atoms with Crippen LogP contribution in [0.15, 0.2) is 34.8 Å². The van der Waals surface area contributed by atoms with Gasteiger partial charge in [0.25, 0.3) is 0 Å². The maximum absolute atomic E-state index is 13.6. The second-order valence-corrected chi connectivity index (χ2v) is 5.84. The van der Waals surface area contributed by atoms with E-state index in [9.17, 15) is 4.39 Å². The lowest BCUT2D eigenvalue weighted by atomic mass is 9.99. The topological polar surface area (TPSA) is 44.5 Å². The molecule has 1 unspecified atom stereocenters. The van der Waals surface area contributed by atoms with Gasteiger partial charge in [0, 0.05) is 11.1 Å². The Labute approximate surface area is 134 Å². The van der Waals surface area contributed by atoms with Gasteiger partial charge in [-0.3, -0.25) is 0 Å². The maximum atomic E-state index is 13.6. The highest BCUT2D eigenvalue weighted by atomic mass is 79.9. The van der Waals surface area contributed by atoms with Crippen molar-refractivity contribution in [1.82, 2.24) is 0 Å². The smallest absolute Gasteiger partial charge is 0.162 e. The lowest BCUT2D eigenvalue weighted by Crippen LogP contribution is -2.18. The van der Waals surface area contributed by atoms with Crippen LogP contribution in [-0.2, 0) is 0 Å². The summed E-state index contributed by atoms with van der Waals surface area (Å²) in [6.45, 7) is 0.969. The lowest BCUT2D eigenvalue weighted by molar-refractivity contribution is 0.171. The number of fused-ring (bicyclic) bond motifs is 1. The number of rotatable bonds is 2. The van der Waals surface area contributed by atoms with E-state index in [1.54, 1.807) is 24.3 Å². The minimum absolute atomic E-state index is 0.337. The number of hydrogen-bond donors (Lipinski definition) is 1. The number of nitrogens with two attached hydrogens (primary N) is 1. The van der Waals surface area contributed by atoms with Gasteiger partial charge in [-0.2, -0.15) is 0 Å². The summed E-state index contributed by atoms with van der Waals surface area (Å²) in [6.07, 6.45) is 0. The fourth-order valence-electron chi connectivity index (χ4n) is 2.25. The molecule has 21 heavy (non-hydrogen) atoms. The summed E-state index contributed by atoms with van der Waals surface area (Å²) in [7, 11) is 0. The van der Waals surface area contributed by atoms with E-state index in [0.29, 0.717) is 45.3 Å². The molecule has 1 atom stereocenters. The van der Waals surface area contributed by atoms with Crippen molar-refractivity contribution >= 4 is 27.5 Å². The molecule has 0 saturated carbocycles. The Morgan fingerprint density at radius 1 is 1.14 bits per heavy atom. The van der Waals surface area contributed by atoms with Gasteiger partial charge in [-0.25, -0.2) is 4.39 Å². The zero-order chi connectivity index (χ0) is 15.0. The largest absolute Gasteiger partial charge is 0.486 e. The molecule has 0 bridgehead atoms. The molecule has 2 aromatic carbocycles. The molecular formula is C15H12BrClFNO2. The van der Waals surface area contributed by atoms with Gasteiger partial charge in [-0.05, 0) is 39.2 Å². The molecule has 0 aromatic heterocycles. The fraction of sp³-hybridized carbons (Fsp3) is 0.200. The number of benzene rings is 2. The van der Waals surface area contributed by atoms with Crippen LogP contribution in [0.25, 0.3) is 0 Å². The van der Waals surface area contributed by atoms with Crippen LogP contribution in [0.5, 0.6) is 11.5 Å². The van der Waals surface area contributed by atoms with E-state index in [0.717, 1.165) is 0 Å². The molecule has 0 radical (unpaired) electrons. The van der Waals surface area contributed by atoms with E-state index >= 15 is 0 Å². The van der Waals surface area contributed by atoms with E-state index < -0.39 is 6.04 Å². The van der Waals surface area contributed by atoms with Crippen molar-refractivity contribution in [3.05, 3.63) is 56.8 Å². The Kier molecular flexibility index (Phi) is 4.06. The molecule has 0 spiro atoms. The van der Waals surface area contributed by atoms with Crippen molar-refractivity contribution in [2.75, 3.05) is 13.2 Å². The molecule has 1 heterocycles. The van der Waals surface area contributed by atoms with Crippen LogP contribution < -0.4 is 15.2 Å². The first kappa shape index (κ1) is 14.6. The average Bonchev–Trinajstić information content (AvgIpc) is 2.48. The van der Waals surface area contributed by atoms with Crippen LogP contribution in [0.1, 0.15) is 17.2 Å². The summed E-state index contributed by atoms with van der Waals surface area (Å²) < 4.78 is 25.0. The monoisotopic (exact) mass is 371 g/mol. The average molecular weight is 373 g/mol. The predicted molar refractivity (Wildman–Crippen MR) is 82.6 cm³/mol. The van der Waals surface area contributed by atoms with Gasteiger partial charge in [0.05, 0.1) is 10.5 Å². The second-order valence-electron chi connectivity index (χ2n) is 4.64. The molecule has 110 valence electrons. The molecule has 3 nitrogen and oxygen atoms in total. The molecular weight excluding hydrogens is 361 g/mol. The second kappa shape index (κ2) is 5.83. The van der Waals surface area contributed by atoms with Gasteiger partial charge in [-0.1, -0.05) is 23.7 Å². The summed E-state index contributed by atoms with van der Waals surface area (Å²) in [5, 5.41) is 0.461. The first-order valence-corrected chi connectivity index (χ1v) is 7.53. The van der Waals surface area contributed by atoms with Crippen molar-refractivity contribution in [1.29, 1.82) is 0 Å². The van der Waals surface area contributed by atoms with Gasteiger partial charge >= 0.3 is 0 Å². The highest BCUT2D eigenvalue weighted by Crippen LogP contribution is 2.39. The molecule has 1 aliphatic rings. The van der Waals surface area contributed by atoms with Crippen LogP contribution in [0.3, 0.4) is 0 Å². The fourth-order valence-corrected chi connectivity index (χ4v) is 3.03. The van der Waals surface area contributed by atoms with E-state index in [-0.39, 0.29) is 5.82 Å². The standard InChI is InChI=1S/C15H12BrClFNO2/c16-14-8(2-1-3-11(14)18)15(19)9-6-12-13(7-10(9)17)21-5-4-20-12/h1-3,6-7,15H,4-5,19H2. The molecule has 2 N–H and O–H groups in total. The molecule has 0 aliphatic carbocycles. The quantitative estimate of drug-likeness (QED) is 0.864. The van der Waals surface area contributed by atoms with E-state index in [4.69, 9.17) is 26.8 Å². The molecule has 6 heteroatoms. The summed E-state index contributed by atoms with van der Waals surface area (Å²) in [6, 6.07) is 7.59. The van der Waals surface area contributed by atoms with Crippen molar-refractivity contribution in [3.8, 4) is 11.5 Å². The number of halogens is 3. The zero-order valence-corrected chi connectivity index (χ0v) is 13.2. The maximum Gasteiger partial charge on any atom is 0.162 e. The van der Waals surface area contributed by atoms with E-state index in [1.807, 2.05) is 0 Å². The SMILES string of the molecule is NC(c1cc2c(cc1Cl)OCCO2)c1cccc(F)c1Br. The minimum atomic E-state index is -0.571. The van der Waals surface area contributed by atoms with Gasteiger partial charge in [0.15, 0.2) is 11.5 Å². The van der Waals surface area contributed by atoms with Crippen LogP contribution in [-0.4, -0.2) is 13.2 Å². The Morgan fingerprint density at radius 2 is 1.81 bits per heavy atom. The van der Waals surface area contributed by atoms with Crippen molar-refractivity contribution in [2.45, 2.75) is 6.04 Å². The first-order chi connectivity index (χ1) is 10.1. The highest BCUT2D eigenvalue weighted by Gasteiger charge is 2.21. The van der Waals surface area contributed by atoms with Crippen molar-refractivity contribution < 1.29 is 13.9 Å². The third-order valence-electron chi connectivity index (χ3n) is 3.31. The van der Waals surface area contributed by atoms with Gasteiger partial charge in [0.1, 0.15) is 19.0 Å². The van der Waals surface area contributed by atoms with Crippen molar-refractivity contribution in [2.24, 2.45) is 5.73 Å². The lowest BCUT2D eigenvalue weighted by Gasteiger charge is -2.22. The van der Waals surface area contributed by atoms with E-state index in [1.165, 1.54) is 6.07 Å². The van der Waals surface area contributed by atoms with Crippen molar-refractivity contribution in [3.63, 3.8) is 0 Å². The van der Waals surface area contributed by atoms with Gasteiger partial charge in [-0.15, -0.1) is 0 Å². The zero-order valence-electron chi connectivity index (χ0n) is 10.9. The first-order valence-electron chi connectivity index (χ1n) is 6.36. The normalized spacial score (nSPS) is 14.9. The Balaban J connectivity index is 2.05. The predicted octanol–water partition coefficient (Wildman–Crippen LogP) is 4.06. The summed E-state index contributed by atoms with van der Waals surface area (Å²) in [4.78, 5) is 0. The summed E-state index contributed by atoms with van der Waals surface area (Å²) in [5.74, 6) is 0.834. The molecule has 0 amide bonds. The highest BCUT2D eigenvalue weighted by molar-refractivity contribution is 9.10. The van der Waals surface area contributed by atoms with Crippen LogP contribution in [0, 0.1) is 5.82 Å². The molecule has 2 aromatic rings. The van der Waals surface area contributed by atoms with Crippen LogP contribution >= 0.6 is 27.5 Å². The molecule has 0 saturated heterocycles. The molecule has 1 aliphatic heterocycles. The Hall–Kier alpha value is -1.30. The summed E-state index contributed by atoms with van der Waals surface area (Å²) >= 11 is 9.50. The van der Waals surface area contributed by atoms with Crippen LogP contribution in [0.2, 0.25) is 5.02 Å². The number of ether oxygens (including phenoxy) is 2. The minimum Gasteiger partial charge on any atom is -0.486 e. The molecule has 0 fully saturated rings. The van der Waals surface area contributed by atoms with Gasteiger partial charge in [0.2, 0.25) is 0 Å².